The summed E-state index contributed by atoms with van der Waals surface area (Å²) in [5, 5.41) is 14.6. The number of amides is 1. The second-order valence-corrected chi connectivity index (χ2v) is 6.34. The van der Waals surface area contributed by atoms with Gasteiger partial charge in [0.15, 0.2) is 5.76 Å². The van der Waals surface area contributed by atoms with Gasteiger partial charge >= 0.3 is 5.97 Å². The second kappa shape index (κ2) is 5.92. The van der Waals surface area contributed by atoms with Crippen molar-refractivity contribution in [2.45, 2.75) is 39.7 Å². The van der Waals surface area contributed by atoms with Gasteiger partial charge < -0.3 is 14.8 Å². The number of aryl methyl sites for hydroxylation is 2. The summed E-state index contributed by atoms with van der Waals surface area (Å²) < 4.78 is 5.36. The van der Waals surface area contributed by atoms with Gasteiger partial charge in [-0.3, -0.25) is 4.79 Å². The summed E-state index contributed by atoms with van der Waals surface area (Å²) in [6.45, 7) is 7.34. The van der Waals surface area contributed by atoms with E-state index in [4.69, 9.17) is 9.52 Å². The first-order valence-corrected chi connectivity index (χ1v) is 7.73. The Hall–Kier alpha value is -2.15. The van der Waals surface area contributed by atoms with E-state index >= 15 is 0 Å². The van der Waals surface area contributed by atoms with Crippen LogP contribution < -0.4 is 5.32 Å². The maximum Gasteiger partial charge on any atom is 0.339 e. The van der Waals surface area contributed by atoms with Gasteiger partial charge in [0.2, 0.25) is 0 Å². The lowest BCUT2D eigenvalue weighted by atomic mass is 10.1. The van der Waals surface area contributed by atoms with Crippen LogP contribution in [0.5, 0.6) is 0 Å². The highest BCUT2D eigenvalue weighted by atomic mass is 32.1. The van der Waals surface area contributed by atoms with E-state index in [1.165, 1.54) is 17.4 Å². The molecule has 2 heterocycles. The molecule has 118 valence electrons. The van der Waals surface area contributed by atoms with Crippen molar-refractivity contribution in [1.29, 1.82) is 0 Å². The zero-order valence-corrected chi connectivity index (χ0v) is 13.7. The van der Waals surface area contributed by atoms with Crippen molar-refractivity contribution < 1.29 is 19.1 Å². The van der Waals surface area contributed by atoms with E-state index in [2.05, 4.69) is 10.3 Å². The number of rotatable bonds is 5. The molecular weight excluding hydrogens is 304 g/mol. The summed E-state index contributed by atoms with van der Waals surface area (Å²) in [6.07, 6.45) is 0.407. The average molecular weight is 322 g/mol. The fourth-order valence-corrected chi connectivity index (χ4v) is 2.90. The largest absolute Gasteiger partial charge is 0.478 e. The normalized spacial score (nSPS) is 11.5. The number of aromatic carboxylic acids is 1. The molecule has 0 radical (unpaired) electrons. The van der Waals surface area contributed by atoms with Crippen LogP contribution >= 0.6 is 11.3 Å². The summed E-state index contributed by atoms with van der Waals surface area (Å²) in [4.78, 5) is 27.8. The lowest BCUT2D eigenvalue weighted by Crippen LogP contribution is -2.40. The monoisotopic (exact) mass is 322 g/mol. The summed E-state index contributed by atoms with van der Waals surface area (Å²) in [5.74, 6) is -1.27. The first kappa shape index (κ1) is 16.2. The number of thiazole rings is 1. The van der Waals surface area contributed by atoms with Crippen molar-refractivity contribution in [3.8, 4) is 0 Å². The van der Waals surface area contributed by atoms with Crippen LogP contribution in [0.3, 0.4) is 0 Å². The standard InChI is InChI=1S/C15H18N2O4S/c1-5-10-9(13(19)20)6-11(21-10)12(18)17-15(3,4)14-16-8(2)7-22-14/h6-7H,5H2,1-4H3,(H,17,18)(H,19,20). The molecule has 0 aliphatic carbocycles. The lowest BCUT2D eigenvalue weighted by Gasteiger charge is -2.23. The van der Waals surface area contributed by atoms with Gasteiger partial charge in [-0.05, 0) is 20.8 Å². The zero-order chi connectivity index (χ0) is 16.5. The van der Waals surface area contributed by atoms with Crippen LogP contribution in [-0.2, 0) is 12.0 Å². The fourth-order valence-electron chi connectivity index (χ4n) is 2.02. The number of hydrogen-bond acceptors (Lipinski definition) is 5. The number of aromatic nitrogens is 1. The number of carbonyl (C=O) groups is 2. The van der Waals surface area contributed by atoms with Crippen molar-refractivity contribution >= 4 is 23.2 Å². The molecular formula is C15H18N2O4S. The molecule has 2 aromatic heterocycles. The predicted molar refractivity (Wildman–Crippen MR) is 82.4 cm³/mol. The SMILES string of the molecule is CCc1oc(C(=O)NC(C)(C)c2nc(C)cs2)cc1C(=O)O. The summed E-state index contributed by atoms with van der Waals surface area (Å²) in [5.41, 5.74) is 0.246. The predicted octanol–water partition coefficient (Wildman–Crippen LogP) is 2.97. The second-order valence-electron chi connectivity index (χ2n) is 5.48. The maximum absolute atomic E-state index is 12.3. The average Bonchev–Trinajstić information content (AvgIpc) is 3.04. The maximum atomic E-state index is 12.3. The van der Waals surface area contributed by atoms with Crippen molar-refractivity contribution in [2.75, 3.05) is 0 Å². The van der Waals surface area contributed by atoms with Crippen molar-refractivity contribution in [2.24, 2.45) is 0 Å². The van der Waals surface area contributed by atoms with E-state index in [1.54, 1.807) is 6.92 Å². The molecule has 0 saturated carbocycles. The third-order valence-corrected chi connectivity index (χ3v) is 4.45. The molecule has 7 heteroatoms. The number of nitrogens with one attached hydrogen (secondary N) is 1. The van der Waals surface area contributed by atoms with Crippen molar-refractivity contribution in [3.63, 3.8) is 0 Å². The van der Waals surface area contributed by atoms with Gasteiger partial charge in [-0.1, -0.05) is 6.92 Å². The van der Waals surface area contributed by atoms with E-state index in [9.17, 15) is 9.59 Å². The molecule has 0 aliphatic heterocycles. The Morgan fingerprint density at radius 3 is 2.59 bits per heavy atom. The minimum atomic E-state index is -1.10. The Bertz CT molecular complexity index is 715. The van der Waals surface area contributed by atoms with E-state index < -0.39 is 17.4 Å². The zero-order valence-electron chi connectivity index (χ0n) is 12.9. The van der Waals surface area contributed by atoms with E-state index in [0.717, 1.165) is 10.7 Å². The first-order valence-electron chi connectivity index (χ1n) is 6.85. The van der Waals surface area contributed by atoms with Crippen LogP contribution in [0.25, 0.3) is 0 Å². The third kappa shape index (κ3) is 3.19. The highest BCUT2D eigenvalue weighted by Crippen LogP contribution is 2.25. The topological polar surface area (TPSA) is 92.4 Å². The molecule has 22 heavy (non-hydrogen) atoms. The van der Waals surface area contributed by atoms with E-state index in [-0.39, 0.29) is 11.3 Å². The Balaban J connectivity index is 2.23. The molecule has 0 fully saturated rings. The molecule has 1 amide bonds. The first-order chi connectivity index (χ1) is 10.2. The molecule has 0 aliphatic rings. The van der Waals surface area contributed by atoms with Crippen LogP contribution in [0.4, 0.5) is 0 Å². The number of hydrogen-bond donors (Lipinski definition) is 2. The minimum Gasteiger partial charge on any atom is -0.478 e. The Labute approximate surface area is 132 Å². The molecule has 0 bridgehead atoms. The minimum absolute atomic E-state index is 0.00407. The van der Waals surface area contributed by atoms with Gasteiger partial charge in [-0.2, -0.15) is 0 Å². The molecule has 2 rings (SSSR count). The van der Waals surface area contributed by atoms with Gasteiger partial charge in [0.05, 0.1) is 5.54 Å². The third-order valence-electron chi connectivity index (χ3n) is 3.16. The van der Waals surface area contributed by atoms with Crippen LogP contribution in [-0.4, -0.2) is 22.0 Å². The molecule has 2 aromatic rings. The fraction of sp³-hybridized carbons (Fsp3) is 0.400. The van der Waals surface area contributed by atoms with Gasteiger partial charge in [-0.25, -0.2) is 9.78 Å². The summed E-state index contributed by atoms with van der Waals surface area (Å²) in [7, 11) is 0. The smallest absolute Gasteiger partial charge is 0.339 e. The summed E-state index contributed by atoms with van der Waals surface area (Å²) >= 11 is 1.46. The molecule has 0 spiro atoms. The Kier molecular flexibility index (Phi) is 4.37. The van der Waals surface area contributed by atoms with Gasteiger partial charge in [0, 0.05) is 23.6 Å². The quantitative estimate of drug-likeness (QED) is 0.883. The molecule has 0 aromatic carbocycles. The van der Waals surface area contributed by atoms with Gasteiger partial charge in [0.1, 0.15) is 16.3 Å². The number of nitrogens with zero attached hydrogens (tertiary/aromatic N) is 1. The molecule has 0 atom stereocenters. The van der Waals surface area contributed by atoms with Crippen LogP contribution in [0.15, 0.2) is 15.9 Å². The van der Waals surface area contributed by atoms with E-state index in [0.29, 0.717) is 12.2 Å². The van der Waals surface area contributed by atoms with Crippen LogP contribution in [0.1, 0.15) is 58.1 Å². The lowest BCUT2D eigenvalue weighted by molar-refractivity contribution is 0.0694. The Morgan fingerprint density at radius 1 is 1.45 bits per heavy atom. The molecule has 2 N–H and O–H groups in total. The van der Waals surface area contributed by atoms with Crippen molar-refractivity contribution in [1.82, 2.24) is 10.3 Å². The Morgan fingerprint density at radius 2 is 2.14 bits per heavy atom. The number of carboxylic acid groups (broad SMARTS) is 1. The number of carbonyl (C=O) groups excluding carboxylic acids is 1. The molecule has 0 saturated heterocycles. The molecule has 0 unspecified atom stereocenters. The number of furan rings is 1. The highest BCUT2D eigenvalue weighted by Gasteiger charge is 2.29. The van der Waals surface area contributed by atoms with Crippen molar-refractivity contribution in [3.05, 3.63) is 39.2 Å². The van der Waals surface area contributed by atoms with Gasteiger partial charge in [-0.15, -0.1) is 11.3 Å². The van der Waals surface area contributed by atoms with E-state index in [1.807, 2.05) is 26.2 Å². The summed E-state index contributed by atoms with van der Waals surface area (Å²) in [6, 6.07) is 1.26. The van der Waals surface area contributed by atoms with Crippen LogP contribution in [0.2, 0.25) is 0 Å². The van der Waals surface area contributed by atoms with Gasteiger partial charge in [0.25, 0.3) is 5.91 Å². The van der Waals surface area contributed by atoms with Crippen LogP contribution in [0, 0.1) is 6.92 Å². The molecule has 6 nitrogen and oxygen atoms in total. The number of carboxylic acids is 1. The highest BCUT2D eigenvalue weighted by molar-refractivity contribution is 7.09.